The molecule has 5 heteroatoms. The second-order valence-electron chi connectivity index (χ2n) is 6.88. The minimum Gasteiger partial charge on any atom is -0.293 e. The predicted molar refractivity (Wildman–Crippen MR) is 111 cm³/mol. The summed E-state index contributed by atoms with van der Waals surface area (Å²) < 4.78 is 3.34. The molecule has 0 fully saturated rings. The van der Waals surface area contributed by atoms with Gasteiger partial charge in [0.15, 0.2) is 5.65 Å². The van der Waals surface area contributed by atoms with Crippen molar-refractivity contribution in [1.29, 1.82) is 0 Å². The van der Waals surface area contributed by atoms with Crippen molar-refractivity contribution in [3.8, 4) is 0 Å². The van der Waals surface area contributed by atoms with E-state index in [-0.39, 0.29) is 11.7 Å². The molecule has 2 heterocycles. The van der Waals surface area contributed by atoms with Crippen LogP contribution in [-0.2, 0) is 13.6 Å². The van der Waals surface area contributed by atoms with E-state index in [1.807, 2.05) is 26.8 Å². The normalized spacial score (nSPS) is 13.4. The van der Waals surface area contributed by atoms with Gasteiger partial charge in [0.1, 0.15) is 0 Å². The van der Waals surface area contributed by atoms with Crippen LogP contribution in [0, 0.1) is 0 Å². The first kappa shape index (κ1) is 19.6. The molecule has 2 aromatic heterocycles. The molecule has 138 valence electrons. The van der Waals surface area contributed by atoms with E-state index in [4.69, 9.17) is 0 Å². The number of rotatable bonds is 6. The Balaban J connectivity index is 2.65. The van der Waals surface area contributed by atoms with Crippen molar-refractivity contribution in [2.45, 2.75) is 47.2 Å². The number of pyridine rings is 1. The zero-order chi connectivity index (χ0) is 19.4. The molecule has 0 saturated heterocycles. The third kappa shape index (κ3) is 4.10. The highest BCUT2D eigenvalue weighted by Crippen LogP contribution is 2.24. The van der Waals surface area contributed by atoms with Crippen molar-refractivity contribution >= 4 is 23.0 Å². The molecule has 0 aliphatic heterocycles. The minimum atomic E-state index is -0.0760. The van der Waals surface area contributed by atoms with E-state index in [2.05, 4.69) is 42.6 Å². The van der Waals surface area contributed by atoms with Gasteiger partial charge in [0.25, 0.3) is 0 Å². The Kier molecular flexibility index (Phi) is 6.14. The summed E-state index contributed by atoms with van der Waals surface area (Å²) in [4.78, 5) is 21.6. The van der Waals surface area contributed by atoms with Gasteiger partial charge in [0, 0.05) is 25.4 Å². The van der Waals surface area contributed by atoms with Gasteiger partial charge in [-0.3, -0.25) is 14.1 Å². The van der Waals surface area contributed by atoms with Crippen LogP contribution < -0.4 is 5.69 Å². The number of hydrogen-bond donors (Lipinski definition) is 0. The van der Waals surface area contributed by atoms with Crippen molar-refractivity contribution in [3.63, 3.8) is 0 Å². The number of aromatic nitrogens is 3. The number of aryl methyl sites for hydroxylation is 1. The van der Waals surface area contributed by atoms with E-state index in [0.717, 1.165) is 22.2 Å². The lowest BCUT2D eigenvalue weighted by molar-refractivity contribution is 0.580. The van der Waals surface area contributed by atoms with Crippen LogP contribution in [0.3, 0.4) is 0 Å². The smallest absolute Gasteiger partial charge is 0.293 e. The number of aliphatic imine (C=N–C) groups is 1. The maximum atomic E-state index is 12.7. The molecular weight excluding hydrogens is 324 g/mol. The molecule has 5 nitrogen and oxygen atoms in total. The Labute approximate surface area is 155 Å². The van der Waals surface area contributed by atoms with Gasteiger partial charge in [-0.1, -0.05) is 29.9 Å². The Bertz CT molecular complexity index is 966. The number of hydrogen-bond acceptors (Lipinski definition) is 3. The molecule has 0 N–H and O–H groups in total. The summed E-state index contributed by atoms with van der Waals surface area (Å²) in [6, 6.07) is 2.04. The first-order chi connectivity index (χ1) is 12.3. The van der Waals surface area contributed by atoms with Crippen molar-refractivity contribution in [1.82, 2.24) is 14.1 Å². The van der Waals surface area contributed by atoms with Gasteiger partial charge in [0.05, 0.1) is 11.6 Å². The fourth-order valence-corrected chi connectivity index (χ4v) is 2.90. The SMILES string of the molecule is C=C(C)/C(=C\C=C(C)C)c1cnc2c(c1)n(CC(C)N=CC)c(=O)n2C. The molecule has 1 atom stereocenters. The van der Waals surface area contributed by atoms with E-state index < -0.39 is 0 Å². The summed E-state index contributed by atoms with van der Waals surface area (Å²) in [5.41, 5.74) is 5.55. The maximum Gasteiger partial charge on any atom is 0.330 e. The molecule has 0 saturated carbocycles. The Hall–Kier alpha value is -2.69. The summed E-state index contributed by atoms with van der Waals surface area (Å²) >= 11 is 0. The Morgan fingerprint density at radius 3 is 2.62 bits per heavy atom. The molecule has 0 amide bonds. The third-order valence-corrected chi connectivity index (χ3v) is 4.18. The Morgan fingerprint density at radius 1 is 1.35 bits per heavy atom. The Morgan fingerprint density at radius 2 is 2.04 bits per heavy atom. The van der Waals surface area contributed by atoms with Crippen molar-refractivity contribution in [2.24, 2.45) is 12.0 Å². The van der Waals surface area contributed by atoms with E-state index >= 15 is 0 Å². The van der Waals surface area contributed by atoms with Gasteiger partial charge in [-0.15, -0.1) is 0 Å². The van der Waals surface area contributed by atoms with Gasteiger partial charge in [0.2, 0.25) is 0 Å². The number of allylic oxidation sites excluding steroid dienone is 5. The van der Waals surface area contributed by atoms with Gasteiger partial charge >= 0.3 is 5.69 Å². The van der Waals surface area contributed by atoms with Crippen LogP contribution >= 0.6 is 0 Å². The summed E-state index contributed by atoms with van der Waals surface area (Å²) in [7, 11) is 1.75. The standard InChI is InChI=1S/C21H28N4O/c1-8-22-16(6)13-25-19-11-17(12-23-20(19)24(7)21(25)26)18(15(4)5)10-9-14(2)3/h8-12,16H,4,13H2,1-3,5-7H3/b18-10+,22-8?. The van der Waals surface area contributed by atoms with Gasteiger partial charge in [-0.2, -0.15) is 0 Å². The van der Waals surface area contributed by atoms with Gasteiger partial charge in [-0.25, -0.2) is 9.78 Å². The molecule has 1 unspecified atom stereocenters. The van der Waals surface area contributed by atoms with Crippen molar-refractivity contribution < 1.29 is 0 Å². The van der Waals surface area contributed by atoms with Crippen LogP contribution in [0.1, 0.15) is 40.2 Å². The summed E-state index contributed by atoms with van der Waals surface area (Å²) in [6.45, 7) is 14.6. The molecular formula is C21H28N4O. The fraction of sp³-hybridized carbons (Fsp3) is 0.381. The summed E-state index contributed by atoms with van der Waals surface area (Å²) in [5, 5.41) is 0. The quantitative estimate of drug-likeness (QED) is 0.579. The highest BCUT2D eigenvalue weighted by molar-refractivity contribution is 5.84. The average molecular weight is 352 g/mol. The van der Waals surface area contributed by atoms with E-state index in [9.17, 15) is 4.79 Å². The molecule has 2 rings (SSSR count). The van der Waals surface area contributed by atoms with Crippen molar-refractivity contribution in [2.75, 3.05) is 0 Å². The van der Waals surface area contributed by atoms with Crippen LogP contribution in [0.15, 0.2) is 51.9 Å². The summed E-state index contributed by atoms with van der Waals surface area (Å²) in [5.74, 6) is 0. The largest absolute Gasteiger partial charge is 0.330 e. The highest BCUT2D eigenvalue weighted by atomic mass is 16.1. The van der Waals surface area contributed by atoms with Crippen LogP contribution in [0.2, 0.25) is 0 Å². The van der Waals surface area contributed by atoms with Crippen molar-refractivity contribution in [3.05, 3.63) is 58.2 Å². The first-order valence-electron chi connectivity index (χ1n) is 8.80. The number of fused-ring (bicyclic) bond motifs is 1. The second-order valence-corrected chi connectivity index (χ2v) is 6.88. The van der Waals surface area contributed by atoms with Crippen LogP contribution in [-0.4, -0.2) is 26.4 Å². The molecule has 0 aliphatic carbocycles. The minimum absolute atomic E-state index is 0.0220. The van der Waals surface area contributed by atoms with Gasteiger partial charge in [-0.05, 0) is 52.5 Å². The molecule has 0 bridgehead atoms. The lowest BCUT2D eigenvalue weighted by Gasteiger charge is -2.10. The molecule has 2 aromatic rings. The molecule has 0 aromatic carbocycles. The van der Waals surface area contributed by atoms with Gasteiger partial charge < -0.3 is 0 Å². The summed E-state index contributed by atoms with van der Waals surface area (Å²) in [6.07, 6.45) is 7.69. The van der Waals surface area contributed by atoms with E-state index in [0.29, 0.717) is 12.2 Å². The number of nitrogens with zero attached hydrogens (tertiary/aromatic N) is 4. The average Bonchev–Trinajstić information content (AvgIpc) is 2.79. The third-order valence-electron chi connectivity index (χ3n) is 4.18. The molecule has 0 spiro atoms. The first-order valence-corrected chi connectivity index (χ1v) is 8.80. The predicted octanol–water partition coefficient (Wildman–Crippen LogP) is 4.14. The lowest BCUT2D eigenvalue weighted by Crippen LogP contribution is -2.25. The van der Waals surface area contributed by atoms with Crippen LogP contribution in [0.4, 0.5) is 0 Å². The fourth-order valence-electron chi connectivity index (χ4n) is 2.90. The zero-order valence-electron chi connectivity index (χ0n) is 16.6. The van der Waals surface area contributed by atoms with E-state index in [1.165, 1.54) is 5.57 Å². The topological polar surface area (TPSA) is 52.2 Å². The van der Waals surface area contributed by atoms with Crippen LogP contribution in [0.5, 0.6) is 0 Å². The maximum absolute atomic E-state index is 12.7. The lowest BCUT2D eigenvalue weighted by atomic mass is 10.0. The highest BCUT2D eigenvalue weighted by Gasteiger charge is 2.15. The van der Waals surface area contributed by atoms with Crippen LogP contribution in [0.25, 0.3) is 16.7 Å². The molecule has 26 heavy (non-hydrogen) atoms. The van der Waals surface area contributed by atoms with E-state index in [1.54, 1.807) is 28.6 Å². The number of imidazole rings is 1. The molecule has 0 radical (unpaired) electrons. The second kappa shape index (κ2) is 8.13. The zero-order valence-corrected chi connectivity index (χ0v) is 16.6. The molecule has 0 aliphatic rings. The monoisotopic (exact) mass is 352 g/mol.